The van der Waals surface area contributed by atoms with E-state index in [0.717, 1.165) is 16.6 Å². The number of hydrogen-bond donors (Lipinski definition) is 3. The number of rotatable bonds is 2. The fourth-order valence-corrected chi connectivity index (χ4v) is 2.11. The second-order valence-electron chi connectivity index (χ2n) is 4.32. The zero-order valence-electron chi connectivity index (χ0n) is 10.9. The lowest BCUT2D eigenvalue weighted by Crippen LogP contribution is -1.77. The Bertz CT molecular complexity index is 824. The van der Waals surface area contributed by atoms with Crippen LogP contribution < -0.4 is 0 Å². The summed E-state index contributed by atoms with van der Waals surface area (Å²) in [6.07, 6.45) is 0. The molecule has 3 aromatic rings. The molecule has 0 spiro atoms. The second-order valence-corrected chi connectivity index (χ2v) is 4.72. The summed E-state index contributed by atoms with van der Waals surface area (Å²) in [6.45, 7) is 0. The van der Waals surface area contributed by atoms with E-state index >= 15 is 0 Å². The van der Waals surface area contributed by atoms with E-state index in [0.29, 0.717) is 5.69 Å². The van der Waals surface area contributed by atoms with Gasteiger partial charge in [-0.05, 0) is 18.2 Å². The van der Waals surface area contributed by atoms with Gasteiger partial charge in [-0.2, -0.15) is 0 Å². The number of benzene rings is 2. The first kappa shape index (κ1) is 13.4. The largest absolute Gasteiger partial charge is 0.493 e. The molecule has 2 aromatic carbocycles. The molecule has 0 amide bonds. The SMILES string of the molecule is Oc1[nH]c2ccccc2c1/N=N/C(S)=N/c1ccccc1. The van der Waals surface area contributed by atoms with Crippen LogP contribution in [0.1, 0.15) is 0 Å². The summed E-state index contributed by atoms with van der Waals surface area (Å²) in [5.41, 5.74) is 1.91. The number of aliphatic imine (C=N–C) groups is 1. The van der Waals surface area contributed by atoms with Crippen LogP contribution >= 0.6 is 12.6 Å². The average Bonchev–Trinajstić information content (AvgIpc) is 2.81. The molecule has 0 aliphatic heterocycles. The van der Waals surface area contributed by atoms with Crippen molar-refractivity contribution in [3.05, 3.63) is 54.6 Å². The molecule has 0 unspecified atom stereocenters. The van der Waals surface area contributed by atoms with Crippen molar-refractivity contribution in [2.75, 3.05) is 0 Å². The van der Waals surface area contributed by atoms with E-state index in [4.69, 9.17) is 0 Å². The lowest BCUT2D eigenvalue weighted by atomic mass is 10.2. The van der Waals surface area contributed by atoms with Crippen molar-refractivity contribution < 1.29 is 5.11 Å². The number of nitrogens with one attached hydrogen (secondary N) is 1. The molecule has 5 nitrogen and oxygen atoms in total. The van der Waals surface area contributed by atoms with Crippen molar-refractivity contribution in [2.45, 2.75) is 0 Å². The number of amidine groups is 1. The first-order valence-corrected chi connectivity index (χ1v) is 6.73. The van der Waals surface area contributed by atoms with Gasteiger partial charge < -0.3 is 10.1 Å². The number of thiol groups is 1. The van der Waals surface area contributed by atoms with Crippen LogP contribution in [0.4, 0.5) is 11.4 Å². The molecule has 0 fully saturated rings. The number of azo groups is 1. The van der Waals surface area contributed by atoms with E-state index < -0.39 is 0 Å². The Hall–Kier alpha value is -2.60. The van der Waals surface area contributed by atoms with E-state index in [2.05, 4.69) is 32.8 Å². The quantitative estimate of drug-likeness (QED) is 0.275. The molecule has 0 saturated heterocycles. The highest BCUT2D eigenvalue weighted by atomic mass is 32.1. The number of aromatic nitrogens is 1. The Morgan fingerprint density at radius 1 is 1.00 bits per heavy atom. The Morgan fingerprint density at radius 2 is 1.71 bits per heavy atom. The van der Waals surface area contributed by atoms with Crippen LogP contribution in [0.25, 0.3) is 10.9 Å². The van der Waals surface area contributed by atoms with Crippen LogP contribution in [0.2, 0.25) is 0 Å². The topological polar surface area (TPSA) is 73.1 Å². The minimum absolute atomic E-state index is 0.0270. The minimum Gasteiger partial charge on any atom is -0.493 e. The first-order chi connectivity index (χ1) is 10.2. The first-order valence-electron chi connectivity index (χ1n) is 6.28. The molecule has 3 rings (SSSR count). The maximum Gasteiger partial charge on any atom is 0.218 e. The molecule has 0 radical (unpaired) electrons. The predicted octanol–water partition coefficient (Wildman–Crippen LogP) is 4.57. The maximum absolute atomic E-state index is 9.86. The summed E-state index contributed by atoms with van der Waals surface area (Å²) >= 11 is 4.18. The van der Waals surface area contributed by atoms with Crippen molar-refractivity contribution in [3.8, 4) is 5.88 Å². The van der Waals surface area contributed by atoms with Crippen molar-refractivity contribution in [3.63, 3.8) is 0 Å². The van der Waals surface area contributed by atoms with Gasteiger partial charge in [0, 0.05) is 5.39 Å². The fraction of sp³-hybridized carbons (Fsp3) is 0. The number of hydrogen-bond acceptors (Lipinski definition) is 3. The third kappa shape index (κ3) is 2.95. The predicted molar refractivity (Wildman–Crippen MR) is 87.0 cm³/mol. The summed E-state index contributed by atoms with van der Waals surface area (Å²) in [5, 5.41) is 18.8. The zero-order valence-corrected chi connectivity index (χ0v) is 11.8. The lowest BCUT2D eigenvalue weighted by Gasteiger charge is -1.93. The summed E-state index contributed by atoms with van der Waals surface area (Å²) in [5.74, 6) is -0.0270. The van der Waals surface area contributed by atoms with Crippen molar-refractivity contribution in [1.82, 2.24) is 4.98 Å². The number of para-hydroxylation sites is 2. The smallest absolute Gasteiger partial charge is 0.218 e. The molecular formula is C15H12N4OS. The zero-order chi connectivity index (χ0) is 14.7. The molecule has 0 saturated carbocycles. The summed E-state index contributed by atoms with van der Waals surface area (Å²) in [6, 6.07) is 16.8. The summed E-state index contributed by atoms with van der Waals surface area (Å²) in [7, 11) is 0. The maximum atomic E-state index is 9.86. The molecule has 104 valence electrons. The second kappa shape index (κ2) is 5.80. The van der Waals surface area contributed by atoms with Gasteiger partial charge in [-0.1, -0.05) is 36.4 Å². The van der Waals surface area contributed by atoms with Crippen molar-refractivity contribution >= 4 is 40.1 Å². The number of H-pyrrole nitrogens is 1. The molecular weight excluding hydrogens is 284 g/mol. The minimum atomic E-state index is -0.0270. The van der Waals surface area contributed by atoms with Crippen LogP contribution in [-0.4, -0.2) is 15.3 Å². The standard InChI is InChI=1S/C15H12N4OS/c20-14-13(11-8-4-5-9-12(11)17-14)18-19-15(21)16-10-6-2-1-3-7-10/h1-9,17,20H,(H,16,21)/b19-18+. The fourth-order valence-electron chi connectivity index (χ4n) is 1.95. The number of aromatic amines is 1. The Kier molecular flexibility index (Phi) is 3.70. The van der Waals surface area contributed by atoms with Gasteiger partial charge in [-0.15, -0.1) is 22.9 Å². The van der Waals surface area contributed by atoms with Gasteiger partial charge >= 0.3 is 0 Å². The van der Waals surface area contributed by atoms with Crippen LogP contribution in [0, 0.1) is 0 Å². The van der Waals surface area contributed by atoms with E-state index in [1.807, 2.05) is 54.6 Å². The highest BCUT2D eigenvalue weighted by molar-refractivity contribution is 7.96. The Morgan fingerprint density at radius 3 is 2.52 bits per heavy atom. The molecule has 2 N–H and O–H groups in total. The normalized spacial score (nSPS) is 12.3. The molecule has 0 atom stereocenters. The van der Waals surface area contributed by atoms with Crippen LogP contribution in [0.15, 0.2) is 69.8 Å². The molecule has 6 heteroatoms. The highest BCUT2D eigenvalue weighted by Crippen LogP contribution is 2.35. The van der Waals surface area contributed by atoms with Gasteiger partial charge in [0.15, 0.2) is 5.69 Å². The van der Waals surface area contributed by atoms with Crippen LogP contribution in [0.3, 0.4) is 0 Å². The third-order valence-corrected chi connectivity index (χ3v) is 3.07. The van der Waals surface area contributed by atoms with E-state index in [9.17, 15) is 5.11 Å². The lowest BCUT2D eigenvalue weighted by molar-refractivity contribution is 0.459. The molecule has 1 aromatic heterocycles. The number of aromatic hydroxyl groups is 1. The summed E-state index contributed by atoms with van der Waals surface area (Å²) in [4.78, 5) is 7.03. The van der Waals surface area contributed by atoms with E-state index in [1.54, 1.807) is 0 Å². The van der Waals surface area contributed by atoms with Crippen LogP contribution in [-0.2, 0) is 0 Å². The molecule has 0 aliphatic rings. The van der Waals surface area contributed by atoms with Gasteiger partial charge in [0.1, 0.15) is 0 Å². The van der Waals surface area contributed by atoms with Gasteiger partial charge in [0.2, 0.25) is 11.0 Å². The van der Waals surface area contributed by atoms with E-state index in [1.165, 1.54) is 0 Å². The van der Waals surface area contributed by atoms with Gasteiger partial charge in [0.25, 0.3) is 0 Å². The highest BCUT2D eigenvalue weighted by Gasteiger charge is 2.09. The molecule has 1 heterocycles. The molecule has 0 bridgehead atoms. The third-order valence-electron chi connectivity index (χ3n) is 2.88. The Balaban J connectivity index is 1.91. The molecule has 21 heavy (non-hydrogen) atoms. The van der Waals surface area contributed by atoms with Crippen molar-refractivity contribution in [2.24, 2.45) is 15.2 Å². The number of nitrogens with zero attached hydrogens (tertiary/aromatic N) is 3. The summed E-state index contributed by atoms with van der Waals surface area (Å²) < 4.78 is 0. The number of fused-ring (bicyclic) bond motifs is 1. The van der Waals surface area contributed by atoms with Gasteiger partial charge in [-0.3, -0.25) is 0 Å². The van der Waals surface area contributed by atoms with Crippen molar-refractivity contribution in [1.29, 1.82) is 0 Å². The monoisotopic (exact) mass is 296 g/mol. The average molecular weight is 296 g/mol. The molecule has 0 aliphatic carbocycles. The van der Waals surface area contributed by atoms with E-state index in [-0.39, 0.29) is 11.0 Å². The van der Waals surface area contributed by atoms with Gasteiger partial charge in [0.05, 0.1) is 11.2 Å². The van der Waals surface area contributed by atoms with Gasteiger partial charge in [-0.25, -0.2) is 4.99 Å². The Labute approximate surface area is 126 Å². The van der Waals surface area contributed by atoms with Crippen LogP contribution in [0.5, 0.6) is 5.88 Å².